The van der Waals surface area contributed by atoms with Gasteiger partial charge in [0.25, 0.3) is 0 Å². The molecule has 20 heavy (non-hydrogen) atoms. The third-order valence-corrected chi connectivity index (χ3v) is 3.76. The normalized spacial score (nSPS) is 22.4. The molecule has 0 saturated carbocycles. The minimum atomic E-state index is -0.978. The number of carbonyl (C=O) groups is 1. The molecular formula is C15H16N2O3. The molecule has 1 unspecified atom stereocenters. The number of aliphatic hydroxyl groups is 1. The van der Waals surface area contributed by atoms with Crippen LogP contribution in [0.4, 0.5) is 5.82 Å². The zero-order valence-electron chi connectivity index (χ0n) is 11.2. The second-order valence-electron chi connectivity index (χ2n) is 5.51. The molecule has 1 atom stereocenters. The quantitative estimate of drug-likeness (QED) is 0.873. The highest BCUT2D eigenvalue weighted by molar-refractivity contribution is 6.06. The summed E-state index contributed by atoms with van der Waals surface area (Å²) >= 11 is 0. The maximum atomic E-state index is 11.3. The average Bonchev–Trinajstić information content (AvgIpc) is 2.77. The van der Waals surface area contributed by atoms with Crippen LogP contribution in [0.1, 0.15) is 23.7 Å². The summed E-state index contributed by atoms with van der Waals surface area (Å²) in [7, 11) is 0. The molecule has 5 nitrogen and oxygen atoms in total. The fourth-order valence-corrected chi connectivity index (χ4v) is 2.73. The number of hydrogen-bond donors (Lipinski definition) is 2. The molecule has 0 spiro atoms. The first-order valence-electron chi connectivity index (χ1n) is 6.56. The van der Waals surface area contributed by atoms with Gasteiger partial charge < -0.3 is 15.1 Å². The third-order valence-electron chi connectivity index (χ3n) is 3.76. The Labute approximate surface area is 116 Å². The van der Waals surface area contributed by atoms with Crippen molar-refractivity contribution in [3.63, 3.8) is 0 Å². The molecule has 1 aliphatic rings. The lowest BCUT2D eigenvalue weighted by Gasteiger charge is -2.21. The van der Waals surface area contributed by atoms with Crippen LogP contribution in [-0.4, -0.2) is 39.9 Å². The largest absolute Gasteiger partial charge is 0.478 e. The van der Waals surface area contributed by atoms with Gasteiger partial charge in [-0.3, -0.25) is 0 Å². The minimum Gasteiger partial charge on any atom is -0.478 e. The highest BCUT2D eigenvalue weighted by Gasteiger charge is 2.32. The lowest BCUT2D eigenvalue weighted by molar-refractivity contribution is 0.0698. The summed E-state index contributed by atoms with van der Waals surface area (Å²) in [4.78, 5) is 17.6. The van der Waals surface area contributed by atoms with Gasteiger partial charge in [-0.2, -0.15) is 0 Å². The van der Waals surface area contributed by atoms with Crippen molar-refractivity contribution in [1.82, 2.24) is 4.98 Å². The molecule has 2 N–H and O–H groups in total. The number of pyridine rings is 1. The van der Waals surface area contributed by atoms with Crippen molar-refractivity contribution in [2.75, 3.05) is 18.0 Å². The Hall–Kier alpha value is -2.14. The van der Waals surface area contributed by atoms with Gasteiger partial charge in [-0.1, -0.05) is 24.3 Å². The number of rotatable bonds is 2. The first kappa shape index (κ1) is 12.9. The van der Waals surface area contributed by atoms with Crippen molar-refractivity contribution in [1.29, 1.82) is 0 Å². The summed E-state index contributed by atoms with van der Waals surface area (Å²) in [6.45, 7) is 3.04. The number of carboxylic acids is 1. The Morgan fingerprint density at radius 3 is 2.65 bits per heavy atom. The van der Waals surface area contributed by atoms with Gasteiger partial charge >= 0.3 is 5.97 Å². The number of hydrogen-bond acceptors (Lipinski definition) is 4. The van der Waals surface area contributed by atoms with Crippen LogP contribution in [0.5, 0.6) is 0 Å². The number of anilines is 1. The van der Waals surface area contributed by atoms with E-state index in [-0.39, 0.29) is 5.56 Å². The fraction of sp³-hybridized carbons (Fsp3) is 0.333. The van der Waals surface area contributed by atoms with Gasteiger partial charge in [0.1, 0.15) is 5.82 Å². The van der Waals surface area contributed by atoms with Crippen LogP contribution in [0, 0.1) is 0 Å². The maximum Gasteiger partial charge on any atom is 0.337 e. The summed E-state index contributed by atoms with van der Waals surface area (Å²) in [5.74, 6) is -0.239. The van der Waals surface area contributed by atoms with Crippen LogP contribution in [0.25, 0.3) is 10.8 Å². The molecule has 0 radical (unpaired) electrons. The van der Waals surface area contributed by atoms with Crippen LogP contribution >= 0.6 is 0 Å². The molecule has 0 aliphatic carbocycles. The second kappa shape index (κ2) is 4.45. The molecule has 5 heteroatoms. The van der Waals surface area contributed by atoms with Crippen molar-refractivity contribution in [3.05, 3.63) is 36.0 Å². The summed E-state index contributed by atoms with van der Waals surface area (Å²) in [5.41, 5.74) is -0.510. The number of aromatic carboxylic acids is 1. The molecular weight excluding hydrogens is 256 g/mol. The molecule has 2 aromatic rings. The SMILES string of the molecule is CC1(O)CCN(c2ncc(C(=O)O)c3ccccc23)C1. The summed E-state index contributed by atoms with van der Waals surface area (Å²) in [6.07, 6.45) is 2.08. The molecule has 1 fully saturated rings. The van der Waals surface area contributed by atoms with Gasteiger partial charge in [-0.05, 0) is 13.3 Å². The Morgan fingerprint density at radius 2 is 2.05 bits per heavy atom. The van der Waals surface area contributed by atoms with E-state index in [2.05, 4.69) is 4.98 Å². The van der Waals surface area contributed by atoms with Gasteiger partial charge in [0.2, 0.25) is 0 Å². The van der Waals surface area contributed by atoms with Gasteiger partial charge in [0.15, 0.2) is 0 Å². The Balaban J connectivity index is 2.14. The predicted molar refractivity (Wildman–Crippen MR) is 76.2 cm³/mol. The lowest BCUT2D eigenvalue weighted by atomic mass is 10.1. The highest BCUT2D eigenvalue weighted by Crippen LogP contribution is 2.31. The van der Waals surface area contributed by atoms with Crippen molar-refractivity contribution in [2.45, 2.75) is 18.9 Å². The first-order chi connectivity index (χ1) is 9.48. The summed E-state index contributed by atoms with van der Waals surface area (Å²) in [6, 6.07) is 7.35. The first-order valence-corrected chi connectivity index (χ1v) is 6.56. The zero-order chi connectivity index (χ0) is 14.3. The van der Waals surface area contributed by atoms with Gasteiger partial charge in [-0.15, -0.1) is 0 Å². The zero-order valence-corrected chi connectivity index (χ0v) is 11.2. The molecule has 3 rings (SSSR count). The molecule has 1 aromatic carbocycles. The molecule has 0 bridgehead atoms. The lowest BCUT2D eigenvalue weighted by Crippen LogP contribution is -2.30. The van der Waals surface area contributed by atoms with E-state index in [0.717, 1.165) is 17.7 Å². The van der Waals surface area contributed by atoms with Crippen LogP contribution in [0.3, 0.4) is 0 Å². The minimum absolute atomic E-state index is 0.204. The standard InChI is InChI=1S/C15H16N2O3/c1-15(20)6-7-17(9-15)13-11-5-3-2-4-10(11)12(8-16-13)14(18)19/h2-5,8,20H,6-7,9H2,1H3,(H,18,19). The van der Waals surface area contributed by atoms with Crippen LogP contribution in [-0.2, 0) is 0 Å². The maximum absolute atomic E-state index is 11.3. The number of fused-ring (bicyclic) bond motifs is 1. The summed E-state index contributed by atoms with van der Waals surface area (Å²) in [5, 5.41) is 20.8. The van der Waals surface area contributed by atoms with Crippen molar-refractivity contribution < 1.29 is 15.0 Å². The van der Waals surface area contributed by atoms with Crippen molar-refractivity contribution in [3.8, 4) is 0 Å². The molecule has 0 amide bonds. The Bertz CT molecular complexity index is 682. The molecule has 1 aromatic heterocycles. The van der Waals surface area contributed by atoms with Crippen LogP contribution in [0.15, 0.2) is 30.5 Å². The predicted octanol–water partition coefficient (Wildman–Crippen LogP) is 1.89. The van der Waals surface area contributed by atoms with E-state index < -0.39 is 11.6 Å². The molecule has 2 heterocycles. The van der Waals surface area contributed by atoms with E-state index in [1.54, 1.807) is 13.0 Å². The molecule has 1 aliphatic heterocycles. The summed E-state index contributed by atoms with van der Waals surface area (Å²) < 4.78 is 0. The molecule has 104 valence electrons. The second-order valence-corrected chi connectivity index (χ2v) is 5.51. The van der Waals surface area contributed by atoms with Crippen molar-refractivity contribution in [2.24, 2.45) is 0 Å². The van der Waals surface area contributed by atoms with Crippen LogP contribution < -0.4 is 4.90 Å². The molecule has 1 saturated heterocycles. The van der Waals surface area contributed by atoms with E-state index in [4.69, 9.17) is 0 Å². The number of benzene rings is 1. The van der Waals surface area contributed by atoms with Gasteiger partial charge in [-0.25, -0.2) is 9.78 Å². The topological polar surface area (TPSA) is 73.7 Å². The van der Waals surface area contributed by atoms with Gasteiger partial charge in [0.05, 0.1) is 11.2 Å². The van der Waals surface area contributed by atoms with E-state index in [9.17, 15) is 15.0 Å². The van der Waals surface area contributed by atoms with Crippen LogP contribution in [0.2, 0.25) is 0 Å². The van der Waals surface area contributed by atoms with Crippen molar-refractivity contribution >= 4 is 22.6 Å². The fourth-order valence-electron chi connectivity index (χ4n) is 2.73. The number of nitrogens with zero attached hydrogens (tertiary/aromatic N) is 2. The van der Waals surface area contributed by atoms with E-state index in [0.29, 0.717) is 18.4 Å². The van der Waals surface area contributed by atoms with E-state index >= 15 is 0 Å². The third kappa shape index (κ3) is 2.10. The Morgan fingerprint density at radius 1 is 1.35 bits per heavy atom. The average molecular weight is 272 g/mol. The Kier molecular flexibility index (Phi) is 2.87. The van der Waals surface area contributed by atoms with Gasteiger partial charge in [0, 0.05) is 30.1 Å². The highest BCUT2D eigenvalue weighted by atomic mass is 16.4. The van der Waals surface area contributed by atoms with E-state index in [1.807, 2.05) is 23.1 Å². The number of aromatic nitrogens is 1. The smallest absolute Gasteiger partial charge is 0.337 e. The van der Waals surface area contributed by atoms with E-state index in [1.165, 1.54) is 6.20 Å². The number of carboxylic acid groups (broad SMARTS) is 1. The monoisotopic (exact) mass is 272 g/mol. The number of β-amino-alcohol motifs (C(OH)–C–C–N with tert-alkyl or cyclic N) is 1.